The van der Waals surface area contributed by atoms with Gasteiger partial charge in [0.15, 0.2) is 5.78 Å². The molecule has 2 aromatic rings. The van der Waals surface area contributed by atoms with Crippen molar-refractivity contribution in [3.63, 3.8) is 0 Å². The van der Waals surface area contributed by atoms with Crippen LogP contribution < -0.4 is 10.1 Å². The third-order valence-corrected chi connectivity index (χ3v) is 6.21. The normalized spacial score (nSPS) is 22.0. The number of ketones is 1. The lowest BCUT2D eigenvalue weighted by Gasteiger charge is -2.34. The molecule has 144 valence electrons. The van der Waals surface area contributed by atoms with Crippen LogP contribution in [0.2, 0.25) is 10.0 Å². The van der Waals surface area contributed by atoms with E-state index in [1.165, 1.54) is 0 Å². The lowest BCUT2D eigenvalue weighted by molar-refractivity contribution is -0.122. The third kappa shape index (κ3) is 3.54. The van der Waals surface area contributed by atoms with Crippen molar-refractivity contribution in [2.45, 2.75) is 31.1 Å². The Balaban J connectivity index is 1.69. The number of allylic oxidation sites excluding steroid dienone is 2. The van der Waals surface area contributed by atoms with Gasteiger partial charge in [0, 0.05) is 30.0 Å². The first-order valence-corrected chi connectivity index (χ1v) is 9.87. The highest BCUT2D eigenvalue weighted by Gasteiger charge is 2.38. The number of hydrogen-bond donors (Lipinski definition) is 1. The van der Waals surface area contributed by atoms with Gasteiger partial charge in [-0.15, -0.1) is 0 Å². The Bertz CT molecular complexity index is 982. The molecule has 1 N–H and O–H groups in total. The van der Waals surface area contributed by atoms with Crippen LogP contribution in [0.3, 0.4) is 0 Å². The Hall–Kier alpha value is -2.30. The van der Waals surface area contributed by atoms with Crippen LogP contribution in [0.25, 0.3) is 0 Å². The van der Waals surface area contributed by atoms with Crippen molar-refractivity contribution in [2.24, 2.45) is 0 Å². The number of carbonyl (C=O) groups excluding carboxylic acids is 2. The molecule has 28 heavy (non-hydrogen) atoms. The van der Waals surface area contributed by atoms with E-state index >= 15 is 0 Å². The van der Waals surface area contributed by atoms with E-state index in [2.05, 4.69) is 5.32 Å². The highest BCUT2D eigenvalue weighted by atomic mass is 35.5. The minimum atomic E-state index is -0.289. The smallest absolute Gasteiger partial charge is 0.225 e. The van der Waals surface area contributed by atoms with E-state index in [4.69, 9.17) is 27.9 Å². The molecule has 0 saturated heterocycles. The molecule has 1 amide bonds. The monoisotopic (exact) mass is 415 g/mol. The van der Waals surface area contributed by atoms with Crippen LogP contribution in [0, 0.1) is 0 Å². The maximum atomic E-state index is 13.1. The second kappa shape index (κ2) is 7.61. The molecule has 0 aromatic heterocycles. The third-order valence-electron chi connectivity index (χ3n) is 5.47. The van der Waals surface area contributed by atoms with Crippen LogP contribution >= 0.6 is 23.2 Å². The molecular weight excluding hydrogens is 397 g/mol. The zero-order valence-corrected chi connectivity index (χ0v) is 16.8. The van der Waals surface area contributed by atoms with Crippen molar-refractivity contribution in [3.8, 4) is 5.75 Å². The van der Waals surface area contributed by atoms with Gasteiger partial charge in [0.25, 0.3) is 0 Å². The van der Waals surface area contributed by atoms with E-state index in [9.17, 15) is 9.59 Å². The van der Waals surface area contributed by atoms with Gasteiger partial charge in [-0.3, -0.25) is 9.59 Å². The largest absolute Gasteiger partial charge is 0.497 e. The number of halogens is 2. The fourth-order valence-electron chi connectivity index (χ4n) is 4.09. The maximum Gasteiger partial charge on any atom is 0.225 e. The molecule has 2 atom stereocenters. The Kier molecular flexibility index (Phi) is 5.17. The molecule has 0 bridgehead atoms. The van der Waals surface area contributed by atoms with Crippen molar-refractivity contribution >= 4 is 34.9 Å². The molecule has 4 rings (SSSR count). The maximum absolute atomic E-state index is 13.1. The topological polar surface area (TPSA) is 55.4 Å². The first kappa shape index (κ1) is 19.0. The molecule has 0 saturated carbocycles. The van der Waals surface area contributed by atoms with Crippen molar-refractivity contribution in [2.75, 3.05) is 7.11 Å². The molecule has 2 aromatic carbocycles. The van der Waals surface area contributed by atoms with Crippen molar-refractivity contribution in [3.05, 3.63) is 74.9 Å². The van der Waals surface area contributed by atoms with E-state index in [0.717, 1.165) is 22.6 Å². The van der Waals surface area contributed by atoms with E-state index in [-0.39, 0.29) is 29.9 Å². The number of benzene rings is 2. The van der Waals surface area contributed by atoms with E-state index in [1.54, 1.807) is 19.2 Å². The number of ether oxygens (including phenoxy) is 1. The summed E-state index contributed by atoms with van der Waals surface area (Å²) in [6.45, 7) is 0. The van der Waals surface area contributed by atoms with E-state index in [0.29, 0.717) is 28.5 Å². The Labute approximate surface area is 173 Å². The van der Waals surface area contributed by atoms with Crippen LogP contribution in [-0.4, -0.2) is 18.8 Å². The van der Waals surface area contributed by atoms with Gasteiger partial charge in [0.1, 0.15) is 5.75 Å². The number of Topliss-reactive ketones (excluding diaryl/α,β-unsaturated/α-hetero) is 1. The first-order valence-electron chi connectivity index (χ1n) is 9.11. The number of amides is 1. The van der Waals surface area contributed by atoms with Gasteiger partial charge in [-0.2, -0.15) is 0 Å². The predicted octanol–water partition coefficient (Wildman–Crippen LogP) is 5.01. The summed E-state index contributed by atoms with van der Waals surface area (Å²) in [5, 5.41) is 3.81. The summed E-state index contributed by atoms with van der Waals surface area (Å²) in [5.74, 6) is 0.500. The number of nitrogens with one attached hydrogen (secondary N) is 1. The average molecular weight is 416 g/mol. The van der Waals surface area contributed by atoms with Crippen LogP contribution in [0.15, 0.2) is 53.7 Å². The van der Waals surface area contributed by atoms with Gasteiger partial charge >= 0.3 is 0 Å². The first-order chi connectivity index (χ1) is 13.5. The Morgan fingerprint density at radius 1 is 0.929 bits per heavy atom. The highest BCUT2D eigenvalue weighted by Crippen LogP contribution is 2.43. The molecule has 6 heteroatoms. The number of hydrogen-bond acceptors (Lipinski definition) is 3. The van der Waals surface area contributed by atoms with Crippen molar-refractivity contribution in [1.82, 2.24) is 5.32 Å². The Morgan fingerprint density at radius 3 is 2.32 bits per heavy atom. The van der Waals surface area contributed by atoms with E-state index < -0.39 is 0 Å². The highest BCUT2D eigenvalue weighted by molar-refractivity contribution is 6.42. The SMILES string of the molecule is COc1ccc([C@@H]2CC(=O)C3=C(C2)NC(=O)C[C@@H]3c2ccc(Cl)c(Cl)c2)cc1. The minimum Gasteiger partial charge on any atom is -0.497 e. The lowest BCUT2D eigenvalue weighted by atomic mass is 9.73. The summed E-state index contributed by atoms with van der Waals surface area (Å²) in [4.78, 5) is 25.4. The van der Waals surface area contributed by atoms with Gasteiger partial charge in [0.2, 0.25) is 5.91 Å². The molecule has 0 unspecified atom stereocenters. The number of carbonyl (C=O) groups is 2. The Morgan fingerprint density at radius 2 is 1.64 bits per heavy atom. The van der Waals surface area contributed by atoms with Crippen LogP contribution in [0.5, 0.6) is 5.75 Å². The lowest BCUT2D eigenvalue weighted by Crippen LogP contribution is -2.38. The van der Waals surface area contributed by atoms with Crippen LogP contribution in [0.1, 0.15) is 42.2 Å². The van der Waals surface area contributed by atoms with E-state index in [1.807, 2.05) is 30.3 Å². The second-order valence-corrected chi connectivity index (χ2v) is 7.99. The van der Waals surface area contributed by atoms with Gasteiger partial charge in [0.05, 0.1) is 17.2 Å². The fourth-order valence-corrected chi connectivity index (χ4v) is 4.39. The summed E-state index contributed by atoms with van der Waals surface area (Å²) in [5.41, 5.74) is 3.33. The zero-order valence-electron chi connectivity index (χ0n) is 15.3. The van der Waals surface area contributed by atoms with Gasteiger partial charge in [-0.1, -0.05) is 41.4 Å². The molecule has 1 aliphatic carbocycles. The summed E-state index contributed by atoms with van der Waals surface area (Å²) in [6, 6.07) is 13.0. The van der Waals surface area contributed by atoms with Crippen molar-refractivity contribution in [1.29, 1.82) is 0 Å². The average Bonchev–Trinajstić information content (AvgIpc) is 2.69. The molecule has 0 spiro atoms. The predicted molar refractivity (Wildman–Crippen MR) is 109 cm³/mol. The summed E-state index contributed by atoms with van der Waals surface area (Å²) in [7, 11) is 1.62. The summed E-state index contributed by atoms with van der Waals surface area (Å²) >= 11 is 12.2. The summed E-state index contributed by atoms with van der Waals surface area (Å²) in [6.07, 6.45) is 1.27. The molecule has 1 aliphatic heterocycles. The molecule has 4 nitrogen and oxygen atoms in total. The van der Waals surface area contributed by atoms with Gasteiger partial charge in [-0.25, -0.2) is 0 Å². The number of rotatable bonds is 3. The summed E-state index contributed by atoms with van der Waals surface area (Å²) < 4.78 is 5.21. The second-order valence-electron chi connectivity index (χ2n) is 7.17. The molecule has 1 heterocycles. The molecular formula is C22H19Cl2NO3. The minimum absolute atomic E-state index is 0.0324. The molecule has 0 radical (unpaired) electrons. The molecule has 2 aliphatic rings. The van der Waals surface area contributed by atoms with Gasteiger partial charge < -0.3 is 10.1 Å². The fraction of sp³-hybridized carbons (Fsp3) is 0.273. The number of methoxy groups -OCH3 is 1. The zero-order chi connectivity index (χ0) is 19.8. The van der Waals surface area contributed by atoms with Crippen molar-refractivity contribution < 1.29 is 14.3 Å². The quantitative estimate of drug-likeness (QED) is 0.766. The van der Waals surface area contributed by atoms with Crippen LogP contribution in [0.4, 0.5) is 0 Å². The van der Waals surface area contributed by atoms with Gasteiger partial charge in [-0.05, 0) is 47.7 Å². The molecule has 0 fully saturated rings. The standard InChI is InChI=1S/C22H19Cl2NO3/c1-28-15-5-2-12(3-6-15)14-9-19-22(20(26)10-14)16(11-21(27)25-19)13-4-7-17(23)18(24)8-13/h2-8,14,16H,9-11H2,1H3,(H,25,27)/t14-,16+/m0/s1. The van der Waals surface area contributed by atoms with Crippen LogP contribution in [-0.2, 0) is 9.59 Å².